The number of hydrogen-bond donors (Lipinski definition) is 4. The summed E-state index contributed by atoms with van der Waals surface area (Å²) in [6.07, 6.45) is -0.940. The zero-order valence-corrected chi connectivity index (χ0v) is 17.1. The molecule has 0 bridgehead atoms. The third kappa shape index (κ3) is 8.45. The Morgan fingerprint density at radius 2 is 1.52 bits per heavy atom. The van der Waals surface area contributed by atoms with E-state index in [1.54, 1.807) is 26.8 Å². The molecular formula is C17H21Cl3N2O5. The Labute approximate surface area is 173 Å². The van der Waals surface area contributed by atoms with Crippen molar-refractivity contribution in [2.75, 3.05) is 10.8 Å². The molecule has 1 amide bonds. The first-order valence-corrected chi connectivity index (χ1v) is 8.11. The lowest BCUT2D eigenvalue weighted by Gasteiger charge is -2.23. The lowest BCUT2D eigenvalue weighted by atomic mass is 10.2. The number of nitrogen functional groups attached to an aromatic ring is 1. The van der Waals surface area contributed by atoms with E-state index in [1.165, 1.54) is 30.3 Å². The summed E-state index contributed by atoms with van der Waals surface area (Å²) in [4.78, 5) is 11.5. The van der Waals surface area contributed by atoms with Crippen molar-refractivity contribution in [2.24, 2.45) is 0 Å². The number of aromatic hydroxyl groups is 2. The first kappa shape index (κ1) is 24.9. The van der Waals surface area contributed by atoms with Crippen LogP contribution in [0.5, 0.6) is 11.5 Å². The number of anilines is 2. The number of hydroxylamine groups is 1. The lowest BCUT2D eigenvalue weighted by molar-refractivity contribution is 0.0407. The zero-order chi connectivity index (χ0) is 20.1. The highest BCUT2D eigenvalue weighted by molar-refractivity contribution is 6.34. The van der Waals surface area contributed by atoms with Gasteiger partial charge in [0.2, 0.25) is 0 Å². The van der Waals surface area contributed by atoms with Gasteiger partial charge in [0.15, 0.2) is 0 Å². The molecule has 2 aromatic carbocycles. The Balaban J connectivity index is 0.000000572. The standard InChI is InChI=1S/C11H14ClNO4.C6H6ClNO.ClH/c1-11(2,3)17-10(15)13(16)9-5-4-7(14)6-8(9)12;7-5-3-4(9)1-2-6(5)8;/h4-6,14,16H,1-3H3;1-3,9H,8H2;1H. The molecular weight excluding hydrogens is 419 g/mol. The number of amides is 1. The van der Waals surface area contributed by atoms with Gasteiger partial charge in [-0.15, -0.1) is 12.4 Å². The van der Waals surface area contributed by atoms with Crippen LogP contribution in [0, 0.1) is 0 Å². The van der Waals surface area contributed by atoms with Crippen molar-refractivity contribution in [3.05, 3.63) is 46.4 Å². The number of carbonyl (C=O) groups is 1. The monoisotopic (exact) mass is 438 g/mol. The second-order valence-electron chi connectivity index (χ2n) is 6.13. The molecule has 0 saturated carbocycles. The minimum Gasteiger partial charge on any atom is -0.508 e. The first-order chi connectivity index (χ1) is 11.9. The van der Waals surface area contributed by atoms with Gasteiger partial charge >= 0.3 is 6.09 Å². The summed E-state index contributed by atoms with van der Waals surface area (Å²) in [7, 11) is 0. The van der Waals surface area contributed by atoms with E-state index >= 15 is 0 Å². The maximum absolute atomic E-state index is 11.5. The lowest BCUT2D eigenvalue weighted by Crippen LogP contribution is -2.34. The summed E-state index contributed by atoms with van der Waals surface area (Å²) in [5.74, 6) is 0.0746. The number of rotatable bonds is 1. The van der Waals surface area contributed by atoms with Crippen molar-refractivity contribution in [3.8, 4) is 11.5 Å². The van der Waals surface area contributed by atoms with Crippen LogP contribution in [0.2, 0.25) is 10.0 Å². The van der Waals surface area contributed by atoms with Gasteiger partial charge in [-0.2, -0.15) is 5.06 Å². The number of nitrogens with zero attached hydrogens (tertiary/aromatic N) is 1. The van der Waals surface area contributed by atoms with Gasteiger partial charge in [-0.05, 0) is 45.0 Å². The highest BCUT2D eigenvalue weighted by Gasteiger charge is 2.23. The number of nitrogens with two attached hydrogens (primary N) is 1. The highest BCUT2D eigenvalue weighted by atomic mass is 35.5. The predicted molar refractivity (Wildman–Crippen MR) is 108 cm³/mol. The number of phenols is 2. The molecule has 5 N–H and O–H groups in total. The normalized spacial score (nSPS) is 10.1. The fourth-order valence-corrected chi connectivity index (χ4v) is 2.02. The van der Waals surface area contributed by atoms with Crippen LogP contribution in [0.1, 0.15) is 20.8 Å². The molecule has 0 aliphatic rings. The second-order valence-corrected chi connectivity index (χ2v) is 6.95. The van der Waals surface area contributed by atoms with Gasteiger partial charge < -0.3 is 20.7 Å². The Bertz CT molecular complexity index is 782. The molecule has 0 aliphatic heterocycles. The van der Waals surface area contributed by atoms with Crippen LogP contribution in [0.15, 0.2) is 36.4 Å². The summed E-state index contributed by atoms with van der Waals surface area (Å²) in [6.45, 7) is 5.03. The van der Waals surface area contributed by atoms with Crippen LogP contribution in [0.4, 0.5) is 16.2 Å². The van der Waals surface area contributed by atoms with Crippen LogP contribution in [0.25, 0.3) is 0 Å². The van der Waals surface area contributed by atoms with Gasteiger partial charge in [0.1, 0.15) is 17.1 Å². The quantitative estimate of drug-likeness (QED) is 0.209. The summed E-state index contributed by atoms with van der Waals surface area (Å²) in [5, 5.41) is 28.3. The maximum atomic E-state index is 11.5. The van der Waals surface area contributed by atoms with E-state index in [1.807, 2.05) is 0 Å². The van der Waals surface area contributed by atoms with Gasteiger partial charge in [-0.1, -0.05) is 23.2 Å². The number of ether oxygens (including phenoxy) is 1. The van der Waals surface area contributed by atoms with E-state index in [0.717, 1.165) is 0 Å². The largest absolute Gasteiger partial charge is 0.508 e. The molecule has 0 aliphatic carbocycles. The number of carbonyl (C=O) groups excluding carboxylic acids is 1. The van der Waals surface area contributed by atoms with Gasteiger partial charge in [0.25, 0.3) is 0 Å². The van der Waals surface area contributed by atoms with Crippen molar-refractivity contribution in [1.82, 2.24) is 0 Å². The molecule has 0 unspecified atom stereocenters. The fraction of sp³-hybridized carbons (Fsp3) is 0.235. The van der Waals surface area contributed by atoms with Crippen molar-refractivity contribution in [1.29, 1.82) is 0 Å². The Morgan fingerprint density at radius 1 is 1.04 bits per heavy atom. The van der Waals surface area contributed by atoms with Crippen molar-refractivity contribution in [3.63, 3.8) is 0 Å². The molecule has 10 heteroatoms. The summed E-state index contributed by atoms with van der Waals surface area (Å²) in [5.41, 5.74) is 5.15. The van der Waals surface area contributed by atoms with E-state index < -0.39 is 11.7 Å². The van der Waals surface area contributed by atoms with Gasteiger partial charge in [0.05, 0.1) is 21.4 Å². The molecule has 0 spiro atoms. The molecule has 0 saturated heterocycles. The van der Waals surface area contributed by atoms with Gasteiger partial charge in [-0.3, -0.25) is 5.21 Å². The maximum Gasteiger partial charge on any atom is 0.439 e. The van der Waals surface area contributed by atoms with Crippen molar-refractivity contribution < 1.29 is 25.0 Å². The molecule has 0 heterocycles. The Hall–Kier alpha value is -2.06. The minimum absolute atomic E-state index is 0. The van der Waals surface area contributed by atoms with Gasteiger partial charge in [-0.25, -0.2) is 4.79 Å². The molecule has 2 rings (SSSR count). The highest BCUT2D eigenvalue weighted by Crippen LogP contribution is 2.29. The van der Waals surface area contributed by atoms with Gasteiger partial charge in [0, 0.05) is 12.1 Å². The van der Waals surface area contributed by atoms with E-state index in [-0.39, 0.29) is 34.6 Å². The molecule has 7 nitrogen and oxygen atoms in total. The molecule has 0 atom stereocenters. The summed E-state index contributed by atoms with van der Waals surface area (Å²) >= 11 is 11.3. The number of phenolic OH excluding ortho intramolecular Hbond substituents is 2. The molecule has 0 fully saturated rings. The zero-order valence-electron chi connectivity index (χ0n) is 14.8. The molecule has 2 aromatic rings. The van der Waals surface area contributed by atoms with E-state index in [0.29, 0.717) is 15.8 Å². The first-order valence-electron chi connectivity index (χ1n) is 7.35. The molecule has 0 radical (unpaired) electrons. The number of benzene rings is 2. The Kier molecular flexibility index (Phi) is 9.53. The van der Waals surface area contributed by atoms with Crippen LogP contribution in [0.3, 0.4) is 0 Å². The molecule has 27 heavy (non-hydrogen) atoms. The minimum atomic E-state index is -0.940. The van der Waals surface area contributed by atoms with E-state index in [2.05, 4.69) is 0 Å². The second kappa shape index (κ2) is 10.3. The fourth-order valence-electron chi connectivity index (χ4n) is 1.59. The van der Waals surface area contributed by atoms with Crippen molar-refractivity contribution in [2.45, 2.75) is 26.4 Å². The average Bonchev–Trinajstić information content (AvgIpc) is 2.49. The van der Waals surface area contributed by atoms with Crippen LogP contribution >= 0.6 is 35.6 Å². The summed E-state index contributed by atoms with van der Waals surface area (Å²) in [6, 6.07) is 8.26. The van der Waals surface area contributed by atoms with Crippen LogP contribution in [-0.2, 0) is 4.74 Å². The van der Waals surface area contributed by atoms with Crippen LogP contribution in [-0.4, -0.2) is 27.1 Å². The average molecular weight is 440 g/mol. The topological polar surface area (TPSA) is 116 Å². The molecule has 150 valence electrons. The predicted octanol–water partition coefficient (Wildman–Crippen LogP) is 5.23. The Morgan fingerprint density at radius 3 is 1.93 bits per heavy atom. The van der Waals surface area contributed by atoms with E-state index in [4.69, 9.17) is 43.9 Å². The SMILES string of the molecule is CC(C)(C)OC(=O)N(O)c1ccc(O)cc1Cl.Cl.Nc1ccc(O)cc1Cl. The van der Waals surface area contributed by atoms with Crippen LogP contribution < -0.4 is 10.8 Å². The summed E-state index contributed by atoms with van der Waals surface area (Å²) < 4.78 is 4.95. The van der Waals surface area contributed by atoms with Crippen molar-refractivity contribution >= 4 is 53.1 Å². The molecule has 0 aromatic heterocycles. The van der Waals surface area contributed by atoms with E-state index in [9.17, 15) is 10.0 Å². The third-order valence-corrected chi connectivity index (χ3v) is 3.34. The number of hydrogen-bond acceptors (Lipinski definition) is 6. The third-order valence-electron chi connectivity index (χ3n) is 2.71. The number of halogens is 3. The smallest absolute Gasteiger partial charge is 0.439 e.